The summed E-state index contributed by atoms with van der Waals surface area (Å²) in [5.74, 6) is 0.0343. The number of amides is 1. The van der Waals surface area contributed by atoms with Crippen molar-refractivity contribution in [1.82, 2.24) is 0 Å². The normalized spacial score (nSPS) is 19.9. The van der Waals surface area contributed by atoms with Crippen LogP contribution in [0.25, 0.3) is 0 Å². The molecular weight excluding hydrogens is 190 g/mol. The highest BCUT2D eigenvalue weighted by Crippen LogP contribution is 2.34. The number of rotatable bonds is 0. The predicted molar refractivity (Wildman–Crippen MR) is 58.8 cm³/mol. The summed E-state index contributed by atoms with van der Waals surface area (Å²) in [6.07, 6.45) is 0.186. The highest BCUT2D eigenvalue weighted by Gasteiger charge is 2.25. The van der Waals surface area contributed by atoms with E-state index in [0.717, 1.165) is 16.8 Å². The van der Waals surface area contributed by atoms with E-state index < -0.39 is 6.10 Å². The summed E-state index contributed by atoms with van der Waals surface area (Å²) in [7, 11) is 0. The third-order valence-electron chi connectivity index (χ3n) is 2.84. The van der Waals surface area contributed by atoms with Crippen molar-refractivity contribution in [2.24, 2.45) is 0 Å². The molecule has 2 rings (SSSR count). The molecular formula is C12H15NO2. The minimum absolute atomic E-state index is 0.0343. The maximum absolute atomic E-state index is 11.4. The van der Waals surface area contributed by atoms with Gasteiger partial charge in [0, 0.05) is 24.7 Å². The van der Waals surface area contributed by atoms with Gasteiger partial charge in [-0.2, -0.15) is 0 Å². The molecule has 0 aliphatic carbocycles. The van der Waals surface area contributed by atoms with Crippen molar-refractivity contribution in [2.75, 3.05) is 11.4 Å². The molecule has 1 N–H and O–H groups in total. The Balaban J connectivity index is 2.50. The van der Waals surface area contributed by atoms with Crippen LogP contribution in [-0.4, -0.2) is 17.6 Å². The lowest BCUT2D eigenvalue weighted by atomic mass is 9.97. The largest absolute Gasteiger partial charge is 0.388 e. The number of aliphatic hydroxyl groups is 1. The summed E-state index contributed by atoms with van der Waals surface area (Å²) in [6.45, 7) is 4.15. The van der Waals surface area contributed by atoms with E-state index in [2.05, 4.69) is 0 Å². The number of nitrogens with zero attached hydrogens (tertiary/aromatic N) is 1. The molecule has 0 radical (unpaired) electrons. The minimum Gasteiger partial charge on any atom is -0.388 e. The number of hydrogen-bond acceptors (Lipinski definition) is 2. The first kappa shape index (κ1) is 10.2. The van der Waals surface area contributed by atoms with E-state index in [9.17, 15) is 9.90 Å². The average molecular weight is 205 g/mol. The average Bonchev–Trinajstić information content (AvgIpc) is 2.19. The van der Waals surface area contributed by atoms with Gasteiger partial charge in [0.2, 0.25) is 5.91 Å². The summed E-state index contributed by atoms with van der Waals surface area (Å²) < 4.78 is 0. The molecule has 0 saturated carbocycles. The van der Waals surface area contributed by atoms with Crippen LogP contribution in [0.1, 0.15) is 30.6 Å². The number of aryl methyl sites for hydroxylation is 1. The number of aliphatic hydroxyl groups excluding tert-OH is 1. The van der Waals surface area contributed by atoms with E-state index in [1.54, 1.807) is 11.8 Å². The fraction of sp³-hybridized carbons (Fsp3) is 0.417. The molecule has 1 aromatic rings. The maximum atomic E-state index is 11.4. The van der Waals surface area contributed by atoms with Crippen LogP contribution in [-0.2, 0) is 4.79 Å². The summed E-state index contributed by atoms with van der Waals surface area (Å²) in [5, 5.41) is 9.85. The van der Waals surface area contributed by atoms with Gasteiger partial charge in [0.1, 0.15) is 0 Å². The number of benzene rings is 1. The molecule has 0 spiro atoms. The predicted octanol–water partition coefficient (Wildman–Crippen LogP) is 1.79. The zero-order valence-electron chi connectivity index (χ0n) is 9.03. The molecule has 0 saturated heterocycles. The Morgan fingerprint density at radius 3 is 2.93 bits per heavy atom. The van der Waals surface area contributed by atoms with Crippen LogP contribution < -0.4 is 4.90 Å². The molecule has 3 nitrogen and oxygen atoms in total. The molecule has 1 aliphatic heterocycles. The topological polar surface area (TPSA) is 40.5 Å². The smallest absolute Gasteiger partial charge is 0.223 e. The van der Waals surface area contributed by atoms with Gasteiger partial charge in [-0.3, -0.25) is 4.79 Å². The van der Waals surface area contributed by atoms with Gasteiger partial charge in [0.15, 0.2) is 0 Å². The van der Waals surface area contributed by atoms with E-state index in [0.29, 0.717) is 13.0 Å². The Morgan fingerprint density at radius 2 is 2.27 bits per heavy atom. The molecule has 0 bridgehead atoms. The second-order valence-corrected chi connectivity index (χ2v) is 4.04. The summed E-state index contributed by atoms with van der Waals surface area (Å²) in [5.41, 5.74) is 2.83. The lowest BCUT2D eigenvalue weighted by Gasteiger charge is -2.31. The molecule has 1 aromatic carbocycles. The van der Waals surface area contributed by atoms with E-state index in [4.69, 9.17) is 0 Å². The highest BCUT2D eigenvalue weighted by molar-refractivity contribution is 5.93. The van der Waals surface area contributed by atoms with Crippen LogP contribution in [0, 0.1) is 6.92 Å². The fourth-order valence-electron chi connectivity index (χ4n) is 2.04. The summed E-state index contributed by atoms with van der Waals surface area (Å²) in [4.78, 5) is 13.1. The molecule has 3 heteroatoms. The Morgan fingerprint density at radius 1 is 1.53 bits per heavy atom. The maximum Gasteiger partial charge on any atom is 0.223 e. The monoisotopic (exact) mass is 205 g/mol. The summed E-state index contributed by atoms with van der Waals surface area (Å²) in [6, 6.07) is 5.83. The molecule has 0 fully saturated rings. The lowest BCUT2D eigenvalue weighted by Crippen LogP contribution is -2.34. The van der Waals surface area contributed by atoms with Crippen LogP contribution in [0.15, 0.2) is 18.2 Å². The van der Waals surface area contributed by atoms with Crippen molar-refractivity contribution in [3.05, 3.63) is 29.3 Å². The van der Waals surface area contributed by atoms with Gasteiger partial charge >= 0.3 is 0 Å². The van der Waals surface area contributed by atoms with E-state index in [-0.39, 0.29) is 5.91 Å². The number of carbonyl (C=O) groups excluding carboxylic acids is 1. The Kier molecular flexibility index (Phi) is 2.49. The van der Waals surface area contributed by atoms with E-state index in [1.165, 1.54) is 0 Å². The first-order valence-electron chi connectivity index (χ1n) is 5.16. The van der Waals surface area contributed by atoms with Gasteiger partial charge in [-0.1, -0.05) is 17.7 Å². The van der Waals surface area contributed by atoms with Crippen molar-refractivity contribution in [3.8, 4) is 0 Å². The van der Waals surface area contributed by atoms with Crippen molar-refractivity contribution in [1.29, 1.82) is 0 Å². The SMILES string of the molecule is CC(=O)N1CCC(O)c2cc(C)ccc21. The van der Waals surface area contributed by atoms with Crippen molar-refractivity contribution in [3.63, 3.8) is 0 Å². The Hall–Kier alpha value is -1.35. The van der Waals surface area contributed by atoms with Crippen LogP contribution in [0.2, 0.25) is 0 Å². The van der Waals surface area contributed by atoms with Crippen LogP contribution in [0.3, 0.4) is 0 Å². The zero-order valence-corrected chi connectivity index (χ0v) is 9.03. The summed E-state index contributed by atoms with van der Waals surface area (Å²) >= 11 is 0. The van der Waals surface area contributed by atoms with Gasteiger partial charge in [0.05, 0.1) is 6.10 Å². The molecule has 1 aliphatic rings. The van der Waals surface area contributed by atoms with Gasteiger partial charge in [-0.25, -0.2) is 0 Å². The van der Waals surface area contributed by atoms with Gasteiger partial charge in [0.25, 0.3) is 0 Å². The lowest BCUT2D eigenvalue weighted by molar-refractivity contribution is -0.116. The van der Waals surface area contributed by atoms with Gasteiger partial charge in [-0.15, -0.1) is 0 Å². The number of anilines is 1. The van der Waals surface area contributed by atoms with Crippen LogP contribution >= 0.6 is 0 Å². The molecule has 15 heavy (non-hydrogen) atoms. The molecule has 1 heterocycles. The first-order valence-corrected chi connectivity index (χ1v) is 5.16. The highest BCUT2D eigenvalue weighted by atomic mass is 16.3. The molecule has 1 amide bonds. The third kappa shape index (κ3) is 1.75. The Labute approximate surface area is 89.3 Å². The third-order valence-corrected chi connectivity index (χ3v) is 2.84. The van der Waals surface area contributed by atoms with Crippen molar-refractivity contribution >= 4 is 11.6 Å². The van der Waals surface area contributed by atoms with Crippen molar-refractivity contribution < 1.29 is 9.90 Å². The Bertz CT molecular complexity index is 401. The quantitative estimate of drug-likeness (QED) is 0.701. The van der Waals surface area contributed by atoms with Crippen molar-refractivity contribution in [2.45, 2.75) is 26.4 Å². The molecule has 80 valence electrons. The number of hydrogen-bond donors (Lipinski definition) is 1. The molecule has 0 aromatic heterocycles. The first-order chi connectivity index (χ1) is 7.09. The zero-order chi connectivity index (χ0) is 11.0. The van der Waals surface area contributed by atoms with Gasteiger partial charge < -0.3 is 10.0 Å². The number of fused-ring (bicyclic) bond motifs is 1. The minimum atomic E-state index is -0.435. The number of carbonyl (C=O) groups is 1. The van der Waals surface area contributed by atoms with E-state index >= 15 is 0 Å². The van der Waals surface area contributed by atoms with Gasteiger partial charge in [-0.05, 0) is 19.4 Å². The van der Waals surface area contributed by atoms with Crippen LogP contribution in [0.4, 0.5) is 5.69 Å². The molecule has 1 unspecified atom stereocenters. The fourth-order valence-corrected chi connectivity index (χ4v) is 2.04. The molecule has 1 atom stereocenters. The van der Waals surface area contributed by atoms with Crippen LogP contribution in [0.5, 0.6) is 0 Å². The second kappa shape index (κ2) is 3.66. The standard InChI is InChI=1S/C12H15NO2/c1-8-3-4-11-10(7-8)12(15)5-6-13(11)9(2)14/h3-4,7,12,15H,5-6H2,1-2H3. The second-order valence-electron chi connectivity index (χ2n) is 4.04. The van der Waals surface area contributed by atoms with E-state index in [1.807, 2.05) is 25.1 Å².